The van der Waals surface area contributed by atoms with Crippen LogP contribution in [0.2, 0.25) is 0 Å². The van der Waals surface area contributed by atoms with E-state index >= 15 is 0 Å². The fourth-order valence-corrected chi connectivity index (χ4v) is 4.39. The highest BCUT2D eigenvalue weighted by Gasteiger charge is 2.38. The summed E-state index contributed by atoms with van der Waals surface area (Å²) in [5, 5.41) is 17.5. The summed E-state index contributed by atoms with van der Waals surface area (Å²) in [4.78, 5) is 0. The smallest absolute Gasteiger partial charge is 0.125 e. The minimum absolute atomic E-state index is 0.116. The quantitative estimate of drug-likeness (QED) is 0.268. The number of ether oxygens (including phenoxy) is 1. The predicted molar refractivity (Wildman–Crippen MR) is 124 cm³/mol. The molecule has 0 amide bonds. The van der Waals surface area contributed by atoms with Crippen molar-refractivity contribution in [2.45, 2.75) is 51.8 Å². The third-order valence-corrected chi connectivity index (χ3v) is 6.10. The SMILES string of the molecule is C=CC(C/C=C/OCC)C(O)NCCC1(CC)Nc2cc(F)cc(C)c2-n2cccc21. The van der Waals surface area contributed by atoms with Crippen LogP contribution in [0.3, 0.4) is 0 Å². The number of anilines is 1. The van der Waals surface area contributed by atoms with Crippen LogP contribution in [0.25, 0.3) is 5.69 Å². The van der Waals surface area contributed by atoms with E-state index in [1.54, 1.807) is 24.5 Å². The summed E-state index contributed by atoms with van der Waals surface area (Å²) < 4.78 is 21.5. The second-order valence-electron chi connectivity index (χ2n) is 8.05. The second kappa shape index (κ2) is 10.2. The fraction of sp³-hybridized carbons (Fsp3) is 0.440. The first-order chi connectivity index (χ1) is 15.0. The van der Waals surface area contributed by atoms with Crippen molar-refractivity contribution in [2.75, 3.05) is 18.5 Å². The van der Waals surface area contributed by atoms with Gasteiger partial charge in [0.2, 0.25) is 0 Å². The van der Waals surface area contributed by atoms with Gasteiger partial charge in [-0.2, -0.15) is 0 Å². The highest BCUT2D eigenvalue weighted by Crippen LogP contribution is 2.42. The highest BCUT2D eigenvalue weighted by atomic mass is 19.1. The van der Waals surface area contributed by atoms with Crippen molar-refractivity contribution in [3.63, 3.8) is 0 Å². The van der Waals surface area contributed by atoms with Gasteiger partial charge < -0.3 is 19.7 Å². The average molecular weight is 428 g/mol. The summed E-state index contributed by atoms with van der Waals surface area (Å²) in [7, 11) is 0. The maximum atomic E-state index is 14.1. The first-order valence-electron chi connectivity index (χ1n) is 11.0. The largest absolute Gasteiger partial charge is 0.502 e. The molecule has 2 heterocycles. The molecule has 5 nitrogen and oxygen atoms in total. The molecule has 0 radical (unpaired) electrons. The molecule has 3 unspecified atom stereocenters. The molecule has 3 atom stereocenters. The third-order valence-electron chi connectivity index (χ3n) is 6.10. The summed E-state index contributed by atoms with van der Waals surface area (Å²) in [6.07, 6.45) is 8.85. The molecule has 3 rings (SSSR count). The maximum absolute atomic E-state index is 14.1. The summed E-state index contributed by atoms with van der Waals surface area (Å²) in [5.74, 6) is -0.359. The van der Waals surface area contributed by atoms with Crippen LogP contribution in [0.4, 0.5) is 10.1 Å². The number of aryl methyl sites for hydroxylation is 1. The molecular formula is C25H34FN3O2. The molecule has 0 saturated carbocycles. The summed E-state index contributed by atoms with van der Waals surface area (Å²) in [6.45, 7) is 11.1. The Kier molecular flexibility index (Phi) is 7.57. The van der Waals surface area contributed by atoms with E-state index in [9.17, 15) is 9.50 Å². The number of aliphatic hydroxyl groups is 1. The lowest BCUT2D eigenvalue weighted by molar-refractivity contribution is 0.0933. The number of hydrogen-bond acceptors (Lipinski definition) is 4. The van der Waals surface area contributed by atoms with Crippen molar-refractivity contribution in [1.29, 1.82) is 0 Å². The van der Waals surface area contributed by atoms with Gasteiger partial charge in [-0.15, -0.1) is 6.58 Å². The Labute approximate surface area is 184 Å². The van der Waals surface area contributed by atoms with Gasteiger partial charge in [-0.3, -0.25) is 5.32 Å². The summed E-state index contributed by atoms with van der Waals surface area (Å²) in [6, 6.07) is 7.27. The van der Waals surface area contributed by atoms with E-state index in [2.05, 4.69) is 34.8 Å². The molecule has 0 aliphatic carbocycles. The first-order valence-corrected chi connectivity index (χ1v) is 11.0. The number of aromatic nitrogens is 1. The molecule has 1 aliphatic rings. The van der Waals surface area contributed by atoms with Crippen LogP contribution in [0, 0.1) is 18.7 Å². The van der Waals surface area contributed by atoms with Gasteiger partial charge in [0, 0.05) is 24.4 Å². The lowest BCUT2D eigenvalue weighted by Gasteiger charge is -2.41. The van der Waals surface area contributed by atoms with Crippen LogP contribution in [0.5, 0.6) is 0 Å². The monoisotopic (exact) mass is 427 g/mol. The number of nitrogens with one attached hydrogen (secondary N) is 2. The number of allylic oxidation sites excluding steroid dienone is 1. The third kappa shape index (κ3) is 4.86. The number of aliphatic hydroxyl groups excluding tert-OH is 1. The summed E-state index contributed by atoms with van der Waals surface area (Å²) >= 11 is 0. The van der Waals surface area contributed by atoms with Crippen molar-refractivity contribution in [3.05, 3.63) is 72.5 Å². The van der Waals surface area contributed by atoms with E-state index in [-0.39, 0.29) is 17.3 Å². The Balaban J connectivity index is 1.72. The Bertz CT molecular complexity index is 923. The molecule has 0 bridgehead atoms. The standard InChI is InChI=1S/C25H34FN3O2/c1-5-19(10-9-15-31-7-3)24(30)27-13-12-25(6-2)22-11-8-14-29(22)23-18(4)16-20(26)17-21(23)28-25/h5,8-9,11,14-17,19,24,27-28,30H,1,6-7,10,12-13H2,2-4H3/b15-9+. The zero-order valence-electron chi connectivity index (χ0n) is 18.7. The lowest BCUT2D eigenvalue weighted by atomic mass is 9.85. The minimum Gasteiger partial charge on any atom is -0.502 e. The second-order valence-corrected chi connectivity index (χ2v) is 8.05. The van der Waals surface area contributed by atoms with Gasteiger partial charge in [0.1, 0.15) is 12.0 Å². The van der Waals surface area contributed by atoms with Gasteiger partial charge >= 0.3 is 0 Å². The van der Waals surface area contributed by atoms with Crippen molar-refractivity contribution in [2.24, 2.45) is 5.92 Å². The molecule has 1 aromatic carbocycles. The molecule has 3 N–H and O–H groups in total. The Morgan fingerprint density at radius 3 is 2.90 bits per heavy atom. The van der Waals surface area contributed by atoms with E-state index in [4.69, 9.17) is 4.74 Å². The van der Waals surface area contributed by atoms with Crippen LogP contribution < -0.4 is 10.6 Å². The number of fused-ring (bicyclic) bond motifs is 3. The van der Waals surface area contributed by atoms with Crippen molar-refractivity contribution >= 4 is 5.69 Å². The van der Waals surface area contributed by atoms with Crippen LogP contribution in [0.15, 0.2) is 55.5 Å². The van der Waals surface area contributed by atoms with Crippen LogP contribution in [-0.2, 0) is 10.3 Å². The molecule has 1 aromatic heterocycles. The van der Waals surface area contributed by atoms with Crippen molar-refractivity contribution in [3.8, 4) is 5.69 Å². The number of nitrogens with zero attached hydrogens (tertiary/aromatic N) is 1. The zero-order valence-corrected chi connectivity index (χ0v) is 18.7. The number of rotatable bonds is 11. The minimum atomic E-state index is -0.708. The molecule has 168 valence electrons. The van der Waals surface area contributed by atoms with Gasteiger partial charge in [0.25, 0.3) is 0 Å². The molecule has 1 aliphatic heterocycles. The average Bonchev–Trinajstić information content (AvgIpc) is 3.23. The van der Waals surface area contributed by atoms with Crippen molar-refractivity contribution in [1.82, 2.24) is 9.88 Å². The Hall–Kier alpha value is -2.57. The molecular weight excluding hydrogens is 393 g/mol. The first kappa shape index (κ1) is 23.1. The molecule has 0 fully saturated rings. The van der Waals surface area contributed by atoms with Crippen LogP contribution in [-0.4, -0.2) is 29.1 Å². The Morgan fingerprint density at radius 1 is 1.39 bits per heavy atom. The Morgan fingerprint density at radius 2 is 2.19 bits per heavy atom. The van der Waals surface area contributed by atoms with Crippen LogP contribution in [0.1, 0.15) is 44.4 Å². The number of benzene rings is 1. The molecule has 0 saturated heterocycles. The van der Waals surface area contributed by atoms with Gasteiger partial charge in [-0.25, -0.2) is 4.39 Å². The van der Waals surface area contributed by atoms with Crippen molar-refractivity contribution < 1.29 is 14.2 Å². The molecule has 0 spiro atoms. The van der Waals surface area contributed by atoms with E-state index in [1.165, 1.54) is 0 Å². The highest BCUT2D eigenvalue weighted by molar-refractivity contribution is 5.70. The van der Waals surface area contributed by atoms with E-state index in [0.717, 1.165) is 35.5 Å². The number of hydrogen-bond donors (Lipinski definition) is 3. The topological polar surface area (TPSA) is 58.5 Å². The molecule has 2 aromatic rings. The van der Waals surface area contributed by atoms with E-state index in [0.29, 0.717) is 19.6 Å². The van der Waals surface area contributed by atoms with Crippen LogP contribution >= 0.6 is 0 Å². The van der Waals surface area contributed by atoms with E-state index < -0.39 is 6.23 Å². The van der Waals surface area contributed by atoms with E-state index in [1.807, 2.05) is 32.2 Å². The summed E-state index contributed by atoms with van der Waals surface area (Å²) in [5.41, 5.74) is 3.47. The normalized spacial score (nSPS) is 19.4. The van der Waals surface area contributed by atoms with Gasteiger partial charge in [0.15, 0.2) is 0 Å². The van der Waals surface area contributed by atoms with Gasteiger partial charge in [-0.1, -0.05) is 13.0 Å². The maximum Gasteiger partial charge on any atom is 0.125 e. The van der Waals surface area contributed by atoms with Gasteiger partial charge in [0.05, 0.1) is 29.8 Å². The van der Waals surface area contributed by atoms with Gasteiger partial charge in [-0.05, 0) is 69.0 Å². The molecule has 31 heavy (non-hydrogen) atoms. The zero-order chi connectivity index (χ0) is 22.4. The molecule has 6 heteroatoms. The fourth-order valence-electron chi connectivity index (χ4n) is 4.39. The lowest BCUT2D eigenvalue weighted by Crippen LogP contribution is -2.44. The predicted octanol–water partition coefficient (Wildman–Crippen LogP) is 5.00. The number of halogens is 1.